The van der Waals surface area contributed by atoms with Gasteiger partial charge in [-0.2, -0.15) is 4.98 Å². The maximum absolute atomic E-state index is 5.90. The topological polar surface area (TPSA) is 77.8 Å². The highest BCUT2D eigenvalue weighted by Gasteiger charge is 2.27. The summed E-state index contributed by atoms with van der Waals surface area (Å²) in [5, 5.41) is 7.09. The van der Waals surface area contributed by atoms with Crippen LogP contribution in [0.3, 0.4) is 0 Å². The van der Waals surface area contributed by atoms with Crippen molar-refractivity contribution in [3.63, 3.8) is 0 Å². The van der Waals surface area contributed by atoms with Gasteiger partial charge in [-0.15, -0.1) is 11.3 Å². The summed E-state index contributed by atoms with van der Waals surface area (Å²) in [5.74, 6) is 1.81. The second-order valence-electron chi connectivity index (χ2n) is 4.88. The fourth-order valence-electron chi connectivity index (χ4n) is 2.36. The van der Waals surface area contributed by atoms with E-state index in [2.05, 4.69) is 15.1 Å². The minimum absolute atomic E-state index is 0.284. The molecule has 0 spiro atoms. The zero-order valence-corrected chi connectivity index (χ0v) is 11.1. The molecule has 2 atom stereocenters. The van der Waals surface area contributed by atoms with Gasteiger partial charge in [-0.1, -0.05) is 5.16 Å². The molecule has 2 aromatic rings. The number of hydrogen-bond donors (Lipinski definition) is 1. The standard InChI is InChI=1S/C12H16N4OS/c1-7-6-18-11(14-7)5-10-15-12(17-16-10)8-2-3-9(13)4-8/h6,8-9H,2-5,13H2,1H3/t8-,9+/m1/s1. The van der Waals surface area contributed by atoms with Crippen LogP contribution in [0.5, 0.6) is 0 Å². The number of thiazole rings is 1. The van der Waals surface area contributed by atoms with E-state index in [-0.39, 0.29) is 6.04 Å². The van der Waals surface area contributed by atoms with Crippen molar-refractivity contribution in [2.24, 2.45) is 5.73 Å². The first kappa shape index (κ1) is 11.8. The summed E-state index contributed by atoms with van der Waals surface area (Å²) in [4.78, 5) is 8.87. The largest absolute Gasteiger partial charge is 0.339 e. The molecule has 1 saturated carbocycles. The highest BCUT2D eigenvalue weighted by atomic mass is 32.1. The fraction of sp³-hybridized carbons (Fsp3) is 0.583. The first-order chi connectivity index (χ1) is 8.70. The quantitative estimate of drug-likeness (QED) is 0.917. The Morgan fingerprint density at radius 2 is 2.33 bits per heavy atom. The number of nitrogens with two attached hydrogens (primary N) is 1. The molecule has 0 unspecified atom stereocenters. The first-order valence-electron chi connectivity index (χ1n) is 6.20. The second kappa shape index (κ2) is 4.78. The lowest BCUT2D eigenvalue weighted by Crippen LogP contribution is -2.14. The fourth-order valence-corrected chi connectivity index (χ4v) is 3.13. The molecule has 1 fully saturated rings. The van der Waals surface area contributed by atoms with Gasteiger partial charge in [0.15, 0.2) is 5.82 Å². The van der Waals surface area contributed by atoms with Crippen molar-refractivity contribution in [3.05, 3.63) is 27.8 Å². The van der Waals surface area contributed by atoms with E-state index in [1.807, 2.05) is 12.3 Å². The summed E-state index contributed by atoms with van der Waals surface area (Å²) in [6.45, 7) is 1.99. The van der Waals surface area contributed by atoms with Gasteiger partial charge in [0, 0.05) is 23.0 Å². The lowest BCUT2D eigenvalue weighted by Gasteiger charge is -2.01. The molecule has 2 N–H and O–H groups in total. The molecule has 2 aromatic heterocycles. The molecular weight excluding hydrogens is 248 g/mol. The molecule has 0 saturated heterocycles. The Morgan fingerprint density at radius 1 is 1.44 bits per heavy atom. The summed E-state index contributed by atoms with van der Waals surface area (Å²) in [5.41, 5.74) is 6.94. The third-order valence-corrected chi connectivity index (χ3v) is 4.25. The molecule has 5 nitrogen and oxygen atoms in total. The average molecular weight is 264 g/mol. The van der Waals surface area contributed by atoms with Gasteiger partial charge in [0.25, 0.3) is 0 Å². The van der Waals surface area contributed by atoms with Crippen molar-refractivity contribution in [2.75, 3.05) is 0 Å². The van der Waals surface area contributed by atoms with Gasteiger partial charge in [0.2, 0.25) is 5.89 Å². The molecule has 0 aliphatic heterocycles. The minimum Gasteiger partial charge on any atom is -0.339 e. The van der Waals surface area contributed by atoms with Crippen LogP contribution >= 0.6 is 11.3 Å². The van der Waals surface area contributed by atoms with Gasteiger partial charge in [0.1, 0.15) is 5.01 Å². The van der Waals surface area contributed by atoms with Crippen LogP contribution in [0, 0.1) is 6.92 Å². The molecule has 0 radical (unpaired) electrons. The molecular formula is C12H16N4OS. The van der Waals surface area contributed by atoms with Crippen LogP contribution in [0.15, 0.2) is 9.90 Å². The van der Waals surface area contributed by atoms with Gasteiger partial charge in [0.05, 0.1) is 6.42 Å². The maximum atomic E-state index is 5.90. The molecule has 1 aliphatic rings. The van der Waals surface area contributed by atoms with Crippen LogP contribution in [-0.2, 0) is 6.42 Å². The molecule has 0 aromatic carbocycles. The van der Waals surface area contributed by atoms with Crippen molar-refractivity contribution in [2.45, 2.75) is 44.6 Å². The van der Waals surface area contributed by atoms with Crippen molar-refractivity contribution >= 4 is 11.3 Å². The van der Waals surface area contributed by atoms with Crippen LogP contribution in [0.4, 0.5) is 0 Å². The Morgan fingerprint density at radius 3 is 3.00 bits per heavy atom. The minimum atomic E-state index is 0.284. The molecule has 3 rings (SSSR count). The SMILES string of the molecule is Cc1csc(Cc2noc([C@@H]3CC[C@H](N)C3)n2)n1. The lowest BCUT2D eigenvalue weighted by atomic mass is 10.1. The normalized spacial score (nSPS) is 23.7. The molecule has 1 aliphatic carbocycles. The summed E-state index contributed by atoms with van der Waals surface area (Å²) in [7, 11) is 0. The van der Waals surface area contributed by atoms with E-state index in [1.54, 1.807) is 11.3 Å². The monoisotopic (exact) mass is 264 g/mol. The van der Waals surface area contributed by atoms with Gasteiger partial charge in [-0.3, -0.25) is 0 Å². The van der Waals surface area contributed by atoms with E-state index < -0.39 is 0 Å². The van der Waals surface area contributed by atoms with E-state index in [0.29, 0.717) is 12.3 Å². The van der Waals surface area contributed by atoms with E-state index in [9.17, 15) is 0 Å². The van der Waals surface area contributed by atoms with E-state index in [4.69, 9.17) is 10.3 Å². The van der Waals surface area contributed by atoms with Gasteiger partial charge in [-0.05, 0) is 26.2 Å². The third-order valence-electron chi connectivity index (χ3n) is 3.28. The zero-order valence-electron chi connectivity index (χ0n) is 10.3. The van der Waals surface area contributed by atoms with Crippen molar-refractivity contribution < 1.29 is 4.52 Å². The van der Waals surface area contributed by atoms with Crippen molar-refractivity contribution in [1.82, 2.24) is 15.1 Å². The molecule has 0 amide bonds. The zero-order chi connectivity index (χ0) is 12.5. The van der Waals surface area contributed by atoms with Gasteiger partial charge in [-0.25, -0.2) is 4.98 Å². The third kappa shape index (κ3) is 2.44. The van der Waals surface area contributed by atoms with E-state index >= 15 is 0 Å². The van der Waals surface area contributed by atoms with Crippen LogP contribution < -0.4 is 5.73 Å². The molecule has 18 heavy (non-hydrogen) atoms. The Kier molecular flexibility index (Phi) is 3.13. The number of nitrogens with zero attached hydrogens (tertiary/aromatic N) is 3. The Bertz CT molecular complexity index is 536. The summed E-state index contributed by atoms with van der Waals surface area (Å²) < 4.78 is 5.34. The van der Waals surface area contributed by atoms with Gasteiger partial charge < -0.3 is 10.3 Å². The predicted octanol–water partition coefficient (Wildman–Crippen LogP) is 2.02. The highest BCUT2D eigenvalue weighted by molar-refractivity contribution is 7.09. The summed E-state index contributed by atoms with van der Waals surface area (Å²) in [6.07, 6.45) is 3.71. The lowest BCUT2D eigenvalue weighted by molar-refractivity contribution is 0.350. The molecule has 2 heterocycles. The Balaban J connectivity index is 1.70. The molecule has 96 valence electrons. The van der Waals surface area contributed by atoms with Crippen molar-refractivity contribution in [3.8, 4) is 0 Å². The van der Waals surface area contributed by atoms with E-state index in [0.717, 1.165) is 41.7 Å². The highest BCUT2D eigenvalue weighted by Crippen LogP contribution is 2.32. The van der Waals surface area contributed by atoms with Crippen LogP contribution in [0.25, 0.3) is 0 Å². The number of hydrogen-bond acceptors (Lipinski definition) is 6. The van der Waals surface area contributed by atoms with Crippen LogP contribution in [-0.4, -0.2) is 21.2 Å². The number of aromatic nitrogens is 3. The first-order valence-corrected chi connectivity index (χ1v) is 7.07. The van der Waals surface area contributed by atoms with Crippen LogP contribution in [0.2, 0.25) is 0 Å². The molecule has 0 bridgehead atoms. The summed E-state index contributed by atoms with van der Waals surface area (Å²) in [6, 6.07) is 0.284. The second-order valence-corrected chi connectivity index (χ2v) is 5.82. The number of aryl methyl sites for hydroxylation is 1. The van der Waals surface area contributed by atoms with E-state index in [1.165, 1.54) is 0 Å². The van der Waals surface area contributed by atoms with Crippen LogP contribution in [0.1, 0.15) is 47.6 Å². The average Bonchev–Trinajstić information content (AvgIpc) is 3.01. The predicted molar refractivity (Wildman–Crippen MR) is 68.5 cm³/mol. The smallest absolute Gasteiger partial charge is 0.229 e. The van der Waals surface area contributed by atoms with Crippen molar-refractivity contribution in [1.29, 1.82) is 0 Å². The van der Waals surface area contributed by atoms with Gasteiger partial charge >= 0.3 is 0 Å². The Hall–Kier alpha value is -1.27. The Labute approximate surface area is 109 Å². The number of rotatable bonds is 3. The summed E-state index contributed by atoms with van der Waals surface area (Å²) >= 11 is 1.63. The maximum Gasteiger partial charge on any atom is 0.229 e. The molecule has 6 heteroatoms.